The summed E-state index contributed by atoms with van der Waals surface area (Å²) in [6, 6.07) is 50.8. The van der Waals surface area contributed by atoms with Crippen molar-refractivity contribution in [1.29, 1.82) is 5.26 Å². The molecule has 7 aromatic rings. The van der Waals surface area contributed by atoms with E-state index in [-0.39, 0.29) is 0 Å². The highest BCUT2D eigenvalue weighted by molar-refractivity contribution is 6.08. The van der Waals surface area contributed by atoms with Gasteiger partial charge < -0.3 is 9.32 Å². The summed E-state index contributed by atoms with van der Waals surface area (Å²) in [5, 5.41) is 11.4. The Hall–Kier alpha value is -6.11. The zero-order valence-corrected chi connectivity index (χ0v) is 25.4. The maximum Gasteiger partial charge on any atom is 0.135 e. The van der Waals surface area contributed by atoms with Crippen molar-refractivity contribution >= 4 is 44.5 Å². The van der Waals surface area contributed by atoms with Crippen molar-refractivity contribution in [1.82, 2.24) is 0 Å². The zero-order valence-electron chi connectivity index (χ0n) is 25.4. The van der Waals surface area contributed by atoms with E-state index in [1.807, 2.05) is 30.3 Å². The van der Waals surface area contributed by atoms with Crippen LogP contribution in [-0.4, -0.2) is 6.54 Å². The zero-order chi connectivity index (χ0) is 31.0. The molecule has 8 rings (SSSR count). The van der Waals surface area contributed by atoms with Gasteiger partial charge in [0.1, 0.15) is 11.2 Å². The molecule has 218 valence electrons. The van der Waals surface area contributed by atoms with Crippen LogP contribution >= 0.6 is 0 Å². The summed E-state index contributed by atoms with van der Waals surface area (Å²) in [4.78, 5) is 2.40. The Bertz CT molecular complexity index is 2330. The minimum atomic E-state index is 0.658. The molecule has 0 atom stereocenters. The summed E-state index contributed by atoms with van der Waals surface area (Å²) >= 11 is 0. The summed E-state index contributed by atoms with van der Waals surface area (Å²) < 4.78 is 6.24. The first-order valence-corrected chi connectivity index (χ1v) is 15.5. The van der Waals surface area contributed by atoms with Gasteiger partial charge in [0.2, 0.25) is 0 Å². The maximum absolute atomic E-state index is 9.20. The van der Waals surface area contributed by atoms with Crippen LogP contribution in [0, 0.1) is 11.3 Å². The number of fused-ring (bicyclic) bond motifs is 4. The molecule has 1 aliphatic rings. The predicted octanol–water partition coefficient (Wildman–Crippen LogP) is 11.4. The monoisotopic (exact) mass is 590 g/mol. The van der Waals surface area contributed by atoms with E-state index in [2.05, 4.69) is 139 Å². The highest BCUT2D eigenvalue weighted by Gasteiger charge is 2.25. The molecule has 0 amide bonds. The largest absolute Gasteiger partial charge is 0.456 e. The number of hydrogen-bond acceptors (Lipinski definition) is 3. The van der Waals surface area contributed by atoms with Crippen LogP contribution in [0.15, 0.2) is 156 Å². The Labute approximate surface area is 268 Å². The van der Waals surface area contributed by atoms with Gasteiger partial charge >= 0.3 is 0 Å². The van der Waals surface area contributed by atoms with Crippen LogP contribution in [-0.2, 0) is 0 Å². The molecule has 0 saturated carbocycles. The standard InChI is InChI=1S/C43H30N2O/c1-2-30(34-18-22-42-39(25-34)40-26-35(19-23-43(40)46-42)33-14-12-29(27-44)13-15-33)24-36-28-45(41-11-7-6-10-38(36)41)37-20-16-32(17-21-37)31-8-4-3-5-9-31/h2-26H,28H2,1H3/b30-2+,36-24+. The molecule has 0 fully saturated rings. The molecule has 3 nitrogen and oxygen atoms in total. The Morgan fingerprint density at radius 1 is 0.674 bits per heavy atom. The molecule has 0 unspecified atom stereocenters. The van der Waals surface area contributed by atoms with E-state index in [0.717, 1.165) is 45.2 Å². The lowest BCUT2D eigenvalue weighted by Crippen LogP contribution is -2.12. The van der Waals surface area contributed by atoms with Crippen molar-refractivity contribution in [3.63, 3.8) is 0 Å². The second kappa shape index (κ2) is 11.4. The molecule has 6 aromatic carbocycles. The van der Waals surface area contributed by atoms with Gasteiger partial charge in [0.25, 0.3) is 0 Å². The summed E-state index contributed by atoms with van der Waals surface area (Å²) in [6.45, 7) is 2.90. The first-order valence-electron chi connectivity index (χ1n) is 15.5. The fraction of sp³-hybridized carbons (Fsp3) is 0.0465. The highest BCUT2D eigenvalue weighted by Crippen LogP contribution is 2.42. The number of anilines is 2. The topological polar surface area (TPSA) is 40.2 Å². The molecule has 0 spiro atoms. The van der Waals surface area contributed by atoms with Crippen LogP contribution in [0.1, 0.15) is 23.6 Å². The average molecular weight is 591 g/mol. The molecular formula is C43H30N2O. The highest BCUT2D eigenvalue weighted by atomic mass is 16.3. The normalized spacial score (nSPS) is 13.8. The van der Waals surface area contributed by atoms with Crippen LogP contribution in [0.5, 0.6) is 0 Å². The molecule has 0 saturated heterocycles. The van der Waals surface area contributed by atoms with Crippen LogP contribution in [0.4, 0.5) is 11.4 Å². The number of nitriles is 1. The van der Waals surface area contributed by atoms with Crippen LogP contribution in [0.2, 0.25) is 0 Å². The summed E-state index contributed by atoms with van der Waals surface area (Å²) in [5.74, 6) is 0. The number of allylic oxidation sites excluding steroid dienone is 3. The first kappa shape index (κ1) is 27.4. The molecular weight excluding hydrogens is 560 g/mol. The van der Waals surface area contributed by atoms with E-state index in [1.165, 1.54) is 39.2 Å². The fourth-order valence-corrected chi connectivity index (χ4v) is 6.53. The van der Waals surface area contributed by atoms with Gasteiger partial charge in [-0.3, -0.25) is 0 Å². The van der Waals surface area contributed by atoms with Crippen LogP contribution in [0.25, 0.3) is 55.3 Å². The minimum Gasteiger partial charge on any atom is -0.456 e. The maximum atomic E-state index is 9.20. The van der Waals surface area contributed by atoms with Crippen molar-refractivity contribution in [2.45, 2.75) is 6.92 Å². The van der Waals surface area contributed by atoms with E-state index in [1.54, 1.807) is 0 Å². The Morgan fingerprint density at radius 2 is 1.30 bits per heavy atom. The molecule has 46 heavy (non-hydrogen) atoms. The summed E-state index contributed by atoms with van der Waals surface area (Å²) in [7, 11) is 0. The van der Waals surface area contributed by atoms with E-state index in [0.29, 0.717) is 5.56 Å². The second-order valence-electron chi connectivity index (χ2n) is 11.6. The Balaban J connectivity index is 1.14. The van der Waals surface area contributed by atoms with Gasteiger partial charge in [-0.1, -0.05) is 91.0 Å². The van der Waals surface area contributed by atoms with Gasteiger partial charge in [0.15, 0.2) is 0 Å². The van der Waals surface area contributed by atoms with Gasteiger partial charge in [-0.25, -0.2) is 0 Å². The van der Waals surface area contributed by atoms with Crippen molar-refractivity contribution < 1.29 is 4.42 Å². The summed E-state index contributed by atoms with van der Waals surface area (Å²) in [5.41, 5.74) is 14.3. The minimum absolute atomic E-state index is 0.658. The Morgan fingerprint density at radius 3 is 2.07 bits per heavy atom. The number of para-hydroxylation sites is 1. The van der Waals surface area contributed by atoms with E-state index in [9.17, 15) is 5.26 Å². The van der Waals surface area contributed by atoms with Crippen molar-refractivity contribution in [2.75, 3.05) is 11.4 Å². The van der Waals surface area contributed by atoms with E-state index < -0.39 is 0 Å². The molecule has 0 bridgehead atoms. The van der Waals surface area contributed by atoms with E-state index in [4.69, 9.17) is 4.42 Å². The SMILES string of the molecule is C/C=C(\C=C1/CN(c2ccc(-c3ccccc3)cc2)c2ccccc21)c1ccc2oc3ccc(-c4ccc(C#N)cc4)cc3c2c1. The molecule has 0 radical (unpaired) electrons. The molecule has 0 N–H and O–H groups in total. The molecule has 0 aliphatic carbocycles. The van der Waals surface area contributed by atoms with Gasteiger partial charge in [-0.15, -0.1) is 0 Å². The Kier molecular flexibility index (Phi) is 6.82. The number of nitrogens with zero attached hydrogens (tertiary/aromatic N) is 2. The molecule has 1 aliphatic heterocycles. The smallest absolute Gasteiger partial charge is 0.135 e. The third kappa shape index (κ3) is 4.87. The van der Waals surface area contributed by atoms with Crippen molar-refractivity contribution in [3.05, 3.63) is 168 Å². The predicted molar refractivity (Wildman–Crippen MR) is 191 cm³/mol. The van der Waals surface area contributed by atoms with Gasteiger partial charge in [0, 0.05) is 34.3 Å². The van der Waals surface area contributed by atoms with Gasteiger partial charge in [-0.05, 0) is 107 Å². The summed E-state index contributed by atoms with van der Waals surface area (Å²) in [6.07, 6.45) is 4.53. The number of hydrogen-bond donors (Lipinski definition) is 0. The molecule has 2 heterocycles. The third-order valence-electron chi connectivity index (χ3n) is 8.95. The van der Waals surface area contributed by atoms with Gasteiger partial charge in [-0.2, -0.15) is 5.26 Å². The fourth-order valence-electron chi connectivity index (χ4n) is 6.53. The molecule has 3 heteroatoms. The molecule has 1 aromatic heterocycles. The number of rotatable bonds is 5. The number of benzene rings is 6. The van der Waals surface area contributed by atoms with Crippen molar-refractivity contribution in [2.24, 2.45) is 0 Å². The lowest BCUT2D eigenvalue weighted by Gasteiger charge is -2.19. The van der Waals surface area contributed by atoms with Crippen molar-refractivity contribution in [3.8, 4) is 28.3 Å². The second-order valence-corrected chi connectivity index (χ2v) is 11.6. The average Bonchev–Trinajstić information content (AvgIpc) is 3.68. The van der Waals surface area contributed by atoms with Crippen LogP contribution in [0.3, 0.4) is 0 Å². The van der Waals surface area contributed by atoms with E-state index >= 15 is 0 Å². The van der Waals surface area contributed by atoms with Gasteiger partial charge in [0.05, 0.1) is 11.6 Å². The number of furan rings is 1. The van der Waals surface area contributed by atoms with Crippen LogP contribution < -0.4 is 4.90 Å². The lowest BCUT2D eigenvalue weighted by molar-refractivity contribution is 0.669. The third-order valence-corrected chi connectivity index (χ3v) is 8.95. The first-order chi connectivity index (χ1) is 22.7. The lowest BCUT2D eigenvalue weighted by atomic mass is 9.97. The quantitative estimate of drug-likeness (QED) is 0.200.